The summed E-state index contributed by atoms with van der Waals surface area (Å²) in [6, 6.07) is 7.87. The Morgan fingerprint density at radius 3 is 2.76 bits per heavy atom. The van der Waals surface area contributed by atoms with Crippen LogP contribution in [0.15, 0.2) is 30.5 Å². The second-order valence-electron chi connectivity index (χ2n) is 5.37. The van der Waals surface area contributed by atoms with Gasteiger partial charge in [0.15, 0.2) is 5.78 Å². The minimum atomic E-state index is 0.0666. The minimum absolute atomic E-state index is 0.0666. The van der Waals surface area contributed by atoms with Crippen LogP contribution in [0.4, 0.5) is 0 Å². The molecule has 1 atom stereocenters. The molecule has 0 amide bonds. The van der Waals surface area contributed by atoms with Gasteiger partial charge in [-0.2, -0.15) is 5.10 Å². The zero-order valence-electron chi connectivity index (χ0n) is 13.1. The highest BCUT2D eigenvalue weighted by atomic mass is 16.5. The third-order valence-corrected chi connectivity index (χ3v) is 3.66. The first kappa shape index (κ1) is 15.3. The molecule has 1 heterocycles. The maximum atomic E-state index is 11.3. The van der Waals surface area contributed by atoms with Crippen LogP contribution in [0.1, 0.15) is 54.8 Å². The molecule has 4 heteroatoms. The number of aromatic nitrogens is 2. The number of Topliss-reactive ketones (excluding diaryl/α,β-unsaturated/α-hetero) is 1. The van der Waals surface area contributed by atoms with Crippen LogP contribution in [-0.2, 0) is 6.61 Å². The zero-order valence-corrected chi connectivity index (χ0v) is 13.1. The molecule has 4 nitrogen and oxygen atoms in total. The summed E-state index contributed by atoms with van der Waals surface area (Å²) in [5, 5.41) is 4.51. The lowest BCUT2D eigenvalue weighted by Gasteiger charge is -2.10. The largest absolute Gasteiger partial charge is 0.487 e. The van der Waals surface area contributed by atoms with Gasteiger partial charge in [0.05, 0.1) is 5.69 Å². The highest BCUT2D eigenvalue weighted by molar-refractivity contribution is 5.94. The Morgan fingerprint density at radius 1 is 1.38 bits per heavy atom. The average Bonchev–Trinajstić information content (AvgIpc) is 2.93. The van der Waals surface area contributed by atoms with E-state index in [0.29, 0.717) is 18.2 Å². The Kier molecular flexibility index (Phi) is 4.78. The fourth-order valence-electron chi connectivity index (χ4n) is 2.07. The van der Waals surface area contributed by atoms with Crippen LogP contribution in [0.3, 0.4) is 0 Å². The number of hydrogen-bond acceptors (Lipinski definition) is 3. The average molecular weight is 286 g/mol. The molecule has 112 valence electrons. The van der Waals surface area contributed by atoms with E-state index in [1.165, 1.54) is 0 Å². The van der Waals surface area contributed by atoms with Gasteiger partial charge in [0.2, 0.25) is 0 Å². The van der Waals surface area contributed by atoms with E-state index < -0.39 is 0 Å². The Bertz CT molecular complexity index is 631. The van der Waals surface area contributed by atoms with Gasteiger partial charge in [0.1, 0.15) is 12.4 Å². The van der Waals surface area contributed by atoms with E-state index in [1.807, 2.05) is 36.0 Å². The second-order valence-corrected chi connectivity index (χ2v) is 5.37. The Hall–Kier alpha value is -2.10. The summed E-state index contributed by atoms with van der Waals surface area (Å²) >= 11 is 0. The van der Waals surface area contributed by atoms with Crippen molar-refractivity contribution in [2.45, 2.75) is 46.8 Å². The minimum Gasteiger partial charge on any atom is -0.487 e. The number of hydrogen-bond donors (Lipinski definition) is 0. The number of aryl methyl sites for hydroxylation is 1. The van der Waals surface area contributed by atoms with E-state index in [1.54, 1.807) is 13.0 Å². The van der Waals surface area contributed by atoms with Gasteiger partial charge in [-0.15, -0.1) is 0 Å². The standard InChI is InChI=1S/C17H22N2O2/c1-5-13(3)19-9-8-16(18-19)11-21-17-7-6-15(14(4)20)10-12(17)2/h6-10,13H,5,11H2,1-4H3. The summed E-state index contributed by atoms with van der Waals surface area (Å²) in [6.45, 7) is 8.23. The van der Waals surface area contributed by atoms with Crippen LogP contribution in [0.2, 0.25) is 0 Å². The number of rotatable bonds is 6. The first-order chi connectivity index (χ1) is 10.0. The van der Waals surface area contributed by atoms with Gasteiger partial charge in [0, 0.05) is 17.8 Å². The van der Waals surface area contributed by atoms with E-state index in [-0.39, 0.29) is 5.78 Å². The van der Waals surface area contributed by atoms with Crippen molar-refractivity contribution in [2.75, 3.05) is 0 Å². The van der Waals surface area contributed by atoms with Crippen molar-refractivity contribution in [3.8, 4) is 5.75 Å². The normalized spacial score (nSPS) is 12.2. The molecular formula is C17H22N2O2. The van der Waals surface area contributed by atoms with Gasteiger partial charge in [-0.25, -0.2) is 0 Å². The van der Waals surface area contributed by atoms with Crippen LogP contribution in [0.25, 0.3) is 0 Å². The van der Waals surface area contributed by atoms with E-state index in [0.717, 1.165) is 23.4 Å². The highest BCUT2D eigenvalue weighted by Gasteiger charge is 2.07. The summed E-state index contributed by atoms with van der Waals surface area (Å²) in [5.41, 5.74) is 2.58. The lowest BCUT2D eigenvalue weighted by molar-refractivity contribution is 0.101. The molecule has 0 fully saturated rings. The van der Waals surface area contributed by atoms with E-state index >= 15 is 0 Å². The zero-order chi connectivity index (χ0) is 15.4. The predicted molar refractivity (Wildman–Crippen MR) is 82.7 cm³/mol. The highest BCUT2D eigenvalue weighted by Crippen LogP contribution is 2.20. The lowest BCUT2D eigenvalue weighted by Crippen LogP contribution is -2.06. The Balaban J connectivity index is 2.03. The smallest absolute Gasteiger partial charge is 0.159 e. The Labute approximate surface area is 125 Å². The number of benzene rings is 1. The van der Waals surface area contributed by atoms with Gasteiger partial charge >= 0.3 is 0 Å². The predicted octanol–water partition coefficient (Wildman–Crippen LogP) is 3.94. The number of carbonyl (C=O) groups is 1. The molecule has 0 saturated carbocycles. The Morgan fingerprint density at radius 2 is 2.14 bits per heavy atom. The quantitative estimate of drug-likeness (QED) is 0.755. The first-order valence-corrected chi connectivity index (χ1v) is 7.29. The summed E-state index contributed by atoms with van der Waals surface area (Å²) in [4.78, 5) is 11.3. The van der Waals surface area contributed by atoms with Crippen molar-refractivity contribution in [3.63, 3.8) is 0 Å². The van der Waals surface area contributed by atoms with Crippen LogP contribution in [0, 0.1) is 6.92 Å². The van der Waals surface area contributed by atoms with Crippen molar-refractivity contribution in [1.82, 2.24) is 9.78 Å². The molecule has 2 rings (SSSR count). The van der Waals surface area contributed by atoms with E-state index in [2.05, 4.69) is 18.9 Å². The molecule has 0 saturated heterocycles. The molecular weight excluding hydrogens is 264 g/mol. The molecule has 0 aliphatic heterocycles. The fraction of sp³-hybridized carbons (Fsp3) is 0.412. The third-order valence-electron chi connectivity index (χ3n) is 3.66. The molecule has 0 N–H and O–H groups in total. The first-order valence-electron chi connectivity index (χ1n) is 7.29. The van der Waals surface area contributed by atoms with Gasteiger partial charge in [-0.1, -0.05) is 6.92 Å². The van der Waals surface area contributed by atoms with Crippen molar-refractivity contribution in [3.05, 3.63) is 47.3 Å². The molecule has 0 bridgehead atoms. The SMILES string of the molecule is CCC(C)n1ccc(COc2ccc(C(C)=O)cc2C)n1. The van der Waals surface area contributed by atoms with Crippen LogP contribution in [0.5, 0.6) is 5.75 Å². The van der Waals surface area contributed by atoms with E-state index in [4.69, 9.17) is 4.74 Å². The van der Waals surface area contributed by atoms with Gasteiger partial charge in [0.25, 0.3) is 0 Å². The monoisotopic (exact) mass is 286 g/mol. The van der Waals surface area contributed by atoms with Crippen molar-refractivity contribution >= 4 is 5.78 Å². The third kappa shape index (κ3) is 3.72. The molecule has 0 spiro atoms. The van der Waals surface area contributed by atoms with Gasteiger partial charge in [-0.05, 0) is 57.0 Å². The van der Waals surface area contributed by atoms with Crippen molar-refractivity contribution < 1.29 is 9.53 Å². The summed E-state index contributed by atoms with van der Waals surface area (Å²) in [6.07, 6.45) is 3.03. The number of ketones is 1. The van der Waals surface area contributed by atoms with Crippen LogP contribution in [-0.4, -0.2) is 15.6 Å². The topological polar surface area (TPSA) is 44.1 Å². The number of ether oxygens (including phenoxy) is 1. The maximum Gasteiger partial charge on any atom is 0.159 e. The van der Waals surface area contributed by atoms with E-state index in [9.17, 15) is 4.79 Å². The summed E-state index contributed by atoms with van der Waals surface area (Å²) in [5.74, 6) is 0.857. The summed E-state index contributed by atoms with van der Waals surface area (Å²) in [7, 11) is 0. The molecule has 1 aromatic heterocycles. The van der Waals surface area contributed by atoms with Crippen molar-refractivity contribution in [2.24, 2.45) is 0 Å². The van der Waals surface area contributed by atoms with Gasteiger partial charge < -0.3 is 4.74 Å². The van der Waals surface area contributed by atoms with Crippen molar-refractivity contribution in [1.29, 1.82) is 0 Å². The molecule has 0 radical (unpaired) electrons. The molecule has 1 unspecified atom stereocenters. The van der Waals surface area contributed by atoms with Gasteiger partial charge in [-0.3, -0.25) is 9.48 Å². The fourth-order valence-corrected chi connectivity index (χ4v) is 2.07. The van der Waals surface area contributed by atoms with Crippen LogP contribution < -0.4 is 4.74 Å². The number of nitrogens with zero attached hydrogens (tertiary/aromatic N) is 2. The maximum absolute atomic E-state index is 11.3. The number of carbonyl (C=O) groups excluding carboxylic acids is 1. The summed E-state index contributed by atoms with van der Waals surface area (Å²) < 4.78 is 7.76. The molecule has 2 aromatic rings. The second kappa shape index (κ2) is 6.57. The molecule has 1 aromatic carbocycles. The molecule has 0 aliphatic rings. The molecule has 0 aliphatic carbocycles. The lowest BCUT2D eigenvalue weighted by atomic mass is 10.1. The van der Waals surface area contributed by atoms with Crippen LogP contribution >= 0.6 is 0 Å². The molecule has 21 heavy (non-hydrogen) atoms.